The van der Waals surface area contributed by atoms with Crippen molar-refractivity contribution in [3.63, 3.8) is 0 Å². The van der Waals surface area contributed by atoms with Crippen LogP contribution in [-0.4, -0.2) is 62.4 Å². The van der Waals surface area contributed by atoms with Gasteiger partial charge in [0.25, 0.3) is 5.91 Å². The molecule has 1 saturated heterocycles. The van der Waals surface area contributed by atoms with Gasteiger partial charge in [-0.05, 0) is 81.9 Å². The van der Waals surface area contributed by atoms with Crippen molar-refractivity contribution in [1.82, 2.24) is 9.62 Å². The fourth-order valence-corrected chi connectivity index (χ4v) is 7.49. The highest BCUT2D eigenvalue weighted by Gasteiger charge is 2.42. The predicted molar refractivity (Wildman–Crippen MR) is 126 cm³/mol. The van der Waals surface area contributed by atoms with Crippen LogP contribution in [0.4, 0.5) is 0 Å². The second-order valence-corrected chi connectivity index (χ2v) is 12.3. The highest BCUT2D eigenvalue weighted by atomic mass is 35.5. The maximum absolute atomic E-state index is 13.3. The molecule has 7 nitrogen and oxygen atoms in total. The number of hydrogen-bond acceptors (Lipinski definition) is 5. The van der Waals surface area contributed by atoms with Gasteiger partial charge in [-0.15, -0.1) is 0 Å². The number of amides is 1. The summed E-state index contributed by atoms with van der Waals surface area (Å²) in [7, 11) is -3.36. The average molecular weight is 497 g/mol. The standard InChI is InChI=1S/C24H33ClN2O5S/c1-15-19(25)10-11-22-24(15)16-4-6-17(7-5-16)31-13-21-20(26-33(29,30)18-8-9-18)3-2-12-27(21)23(28)14-32-22/h10-11,16-18,20-21,26H,2-9,12-14H2,1H3/t16?,17?,20-,21-/m0/s1. The zero-order valence-corrected chi connectivity index (χ0v) is 20.7. The summed E-state index contributed by atoms with van der Waals surface area (Å²) in [6.07, 6.45) is 6.80. The van der Waals surface area contributed by atoms with E-state index in [2.05, 4.69) is 4.72 Å². The first kappa shape index (κ1) is 23.4. The Balaban J connectivity index is 1.43. The van der Waals surface area contributed by atoms with E-state index < -0.39 is 10.0 Å². The minimum absolute atomic E-state index is 0.0805. The second-order valence-electron chi connectivity index (χ2n) is 9.95. The summed E-state index contributed by atoms with van der Waals surface area (Å²) in [6.45, 7) is 2.86. The molecule has 3 fully saturated rings. The van der Waals surface area contributed by atoms with Gasteiger partial charge in [0, 0.05) is 23.2 Å². The lowest BCUT2D eigenvalue weighted by Crippen LogP contribution is -2.60. The molecule has 5 aliphatic rings. The third-order valence-electron chi connectivity index (χ3n) is 7.72. The molecule has 0 aromatic heterocycles. The van der Waals surface area contributed by atoms with Crippen molar-refractivity contribution in [1.29, 1.82) is 0 Å². The molecule has 0 spiro atoms. The van der Waals surface area contributed by atoms with Gasteiger partial charge in [0.15, 0.2) is 6.61 Å². The Kier molecular flexibility index (Phi) is 6.64. The third-order valence-corrected chi connectivity index (χ3v) is 10.1. The first-order chi connectivity index (χ1) is 15.8. The number of nitrogens with zero attached hydrogens (tertiary/aromatic N) is 1. The summed E-state index contributed by atoms with van der Waals surface area (Å²) in [5, 5.41) is 0.428. The molecule has 2 saturated carbocycles. The van der Waals surface area contributed by atoms with Crippen LogP contribution in [0.15, 0.2) is 12.1 Å². The number of halogens is 1. The normalized spacial score (nSPS) is 31.0. The van der Waals surface area contributed by atoms with Gasteiger partial charge in [-0.25, -0.2) is 13.1 Å². The van der Waals surface area contributed by atoms with Gasteiger partial charge in [0.1, 0.15) is 5.75 Å². The van der Waals surface area contributed by atoms with E-state index in [-0.39, 0.29) is 36.0 Å². The minimum atomic E-state index is -3.36. The lowest BCUT2D eigenvalue weighted by Gasteiger charge is -2.42. The Morgan fingerprint density at radius 1 is 1.09 bits per heavy atom. The van der Waals surface area contributed by atoms with Gasteiger partial charge in [-0.2, -0.15) is 0 Å². The SMILES string of the molecule is Cc1c(Cl)ccc2c1C1CCC(CC1)OC[C@H]1[C@@H](NS(=O)(=O)C3CC3)CCCN1C(=O)CO2. The van der Waals surface area contributed by atoms with E-state index >= 15 is 0 Å². The Bertz CT molecular complexity index is 1000. The zero-order chi connectivity index (χ0) is 23.2. The summed E-state index contributed by atoms with van der Waals surface area (Å²) in [5.41, 5.74) is 2.13. The molecule has 1 aromatic rings. The van der Waals surface area contributed by atoms with E-state index in [0.717, 1.165) is 49.0 Å². The van der Waals surface area contributed by atoms with Crippen LogP contribution in [0, 0.1) is 6.92 Å². The number of fused-ring (bicyclic) bond motifs is 5. The van der Waals surface area contributed by atoms with Crippen LogP contribution < -0.4 is 9.46 Å². The lowest BCUT2D eigenvalue weighted by atomic mass is 9.80. The number of carbonyl (C=O) groups excluding carboxylic acids is 1. The van der Waals surface area contributed by atoms with Crippen molar-refractivity contribution in [2.75, 3.05) is 19.8 Å². The van der Waals surface area contributed by atoms with Crippen LogP contribution in [-0.2, 0) is 19.6 Å². The molecule has 1 aromatic carbocycles. The van der Waals surface area contributed by atoms with Crippen LogP contribution in [0.25, 0.3) is 0 Å². The van der Waals surface area contributed by atoms with E-state index in [1.54, 1.807) is 4.90 Å². The molecule has 3 heterocycles. The number of rotatable bonds is 3. The summed E-state index contributed by atoms with van der Waals surface area (Å²) in [4.78, 5) is 15.1. The Hall–Kier alpha value is -1.35. The number of benzene rings is 1. The Morgan fingerprint density at radius 2 is 1.85 bits per heavy atom. The van der Waals surface area contributed by atoms with Crippen LogP contribution in [0.3, 0.4) is 0 Å². The molecule has 6 rings (SSSR count). The topological polar surface area (TPSA) is 84.9 Å². The van der Waals surface area contributed by atoms with E-state index in [1.165, 1.54) is 0 Å². The first-order valence-corrected chi connectivity index (χ1v) is 14.1. The molecule has 2 atom stereocenters. The number of sulfonamides is 1. The molecule has 1 N–H and O–H groups in total. The van der Waals surface area contributed by atoms with Crippen molar-refractivity contribution in [3.05, 3.63) is 28.3 Å². The molecular formula is C24H33ClN2O5S. The largest absolute Gasteiger partial charge is 0.483 e. The molecule has 0 unspecified atom stereocenters. The van der Waals surface area contributed by atoms with E-state index in [0.29, 0.717) is 43.4 Å². The highest BCUT2D eigenvalue weighted by molar-refractivity contribution is 7.90. The first-order valence-electron chi connectivity index (χ1n) is 12.2. The van der Waals surface area contributed by atoms with E-state index in [4.69, 9.17) is 21.1 Å². The molecule has 2 bridgehead atoms. The average Bonchev–Trinajstić information content (AvgIpc) is 3.65. The van der Waals surface area contributed by atoms with Gasteiger partial charge in [0.05, 0.1) is 24.0 Å². The Morgan fingerprint density at radius 3 is 2.58 bits per heavy atom. The van der Waals surface area contributed by atoms with Gasteiger partial charge in [-0.1, -0.05) is 11.6 Å². The minimum Gasteiger partial charge on any atom is -0.483 e. The fourth-order valence-electron chi connectivity index (χ4n) is 5.68. The van der Waals surface area contributed by atoms with E-state index in [1.807, 2.05) is 19.1 Å². The molecular weight excluding hydrogens is 464 g/mol. The molecule has 0 radical (unpaired) electrons. The predicted octanol–water partition coefficient (Wildman–Crippen LogP) is 3.53. The summed E-state index contributed by atoms with van der Waals surface area (Å²) in [5.74, 6) is 0.924. The smallest absolute Gasteiger partial charge is 0.260 e. The van der Waals surface area contributed by atoms with Crippen molar-refractivity contribution < 1.29 is 22.7 Å². The molecule has 1 amide bonds. The fraction of sp³-hybridized carbons (Fsp3) is 0.708. The maximum atomic E-state index is 13.3. The number of hydrogen-bond donors (Lipinski definition) is 1. The number of piperidine rings is 1. The second kappa shape index (κ2) is 9.36. The van der Waals surface area contributed by atoms with E-state index in [9.17, 15) is 13.2 Å². The van der Waals surface area contributed by atoms with Crippen molar-refractivity contribution in [2.24, 2.45) is 0 Å². The lowest BCUT2D eigenvalue weighted by molar-refractivity contribution is -0.140. The van der Waals surface area contributed by atoms with Crippen molar-refractivity contribution >= 4 is 27.5 Å². The monoisotopic (exact) mass is 496 g/mol. The van der Waals surface area contributed by atoms with Gasteiger partial charge < -0.3 is 14.4 Å². The van der Waals surface area contributed by atoms with Gasteiger partial charge >= 0.3 is 0 Å². The quantitative estimate of drug-likeness (QED) is 0.692. The van der Waals surface area contributed by atoms with Gasteiger partial charge in [-0.3, -0.25) is 4.79 Å². The number of ether oxygens (including phenoxy) is 2. The highest BCUT2D eigenvalue weighted by Crippen LogP contribution is 2.42. The molecule has 3 aliphatic heterocycles. The molecule has 2 aliphatic carbocycles. The van der Waals surface area contributed by atoms with Crippen LogP contribution in [0.5, 0.6) is 5.75 Å². The van der Waals surface area contributed by atoms with Crippen LogP contribution in [0.1, 0.15) is 68.4 Å². The van der Waals surface area contributed by atoms with Crippen molar-refractivity contribution in [2.45, 2.75) is 87.6 Å². The summed E-state index contributed by atoms with van der Waals surface area (Å²) < 4.78 is 40.7. The number of carbonyl (C=O) groups is 1. The van der Waals surface area contributed by atoms with Crippen LogP contribution >= 0.6 is 11.6 Å². The number of nitrogens with one attached hydrogen (secondary N) is 1. The Labute approximate surface area is 201 Å². The van der Waals surface area contributed by atoms with Crippen LogP contribution in [0.2, 0.25) is 5.02 Å². The maximum Gasteiger partial charge on any atom is 0.260 e. The third kappa shape index (κ3) is 4.90. The molecule has 9 heteroatoms. The van der Waals surface area contributed by atoms with Gasteiger partial charge in [0.2, 0.25) is 10.0 Å². The molecule has 182 valence electrons. The van der Waals surface area contributed by atoms with Crippen molar-refractivity contribution in [3.8, 4) is 5.75 Å². The summed E-state index contributed by atoms with van der Waals surface area (Å²) in [6, 6.07) is 3.05. The zero-order valence-electron chi connectivity index (χ0n) is 19.1. The summed E-state index contributed by atoms with van der Waals surface area (Å²) >= 11 is 6.44. The molecule has 33 heavy (non-hydrogen) atoms.